The molecule has 2 saturated carbocycles. The third-order valence-electron chi connectivity index (χ3n) is 7.02. The van der Waals surface area contributed by atoms with E-state index in [9.17, 15) is 63.5 Å². The Bertz CT molecular complexity index is 1400. The summed E-state index contributed by atoms with van der Waals surface area (Å²) in [5.41, 5.74) is -2.98. The Labute approximate surface area is 227 Å². The van der Waals surface area contributed by atoms with Crippen molar-refractivity contribution in [2.45, 2.75) is 54.9 Å². The Morgan fingerprint density at radius 1 is 0.951 bits per heavy atom. The van der Waals surface area contributed by atoms with Gasteiger partial charge >= 0.3 is 29.2 Å². The molecular weight excluding hydrogens is 629 g/mol. The molecule has 10 N–H and O–H groups in total. The molecule has 3 unspecified atom stereocenters. The summed E-state index contributed by atoms with van der Waals surface area (Å²) in [7, 11) is -17.4. The minimum Gasteiger partial charge on any atom is -0.394 e. The van der Waals surface area contributed by atoms with Crippen molar-refractivity contribution in [3.05, 3.63) is 33.1 Å². The van der Waals surface area contributed by atoms with E-state index in [1.54, 1.807) is 0 Å². The number of fused-ring (bicyclic) bond motifs is 1. The van der Waals surface area contributed by atoms with Crippen molar-refractivity contribution in [3.63, 3.8) is 0 Å². The van der Waals surface area contributed by atoms with Crippen molar-refractivity contribution in [1.82, 2.24) is 9.55 Å². The quantitative estimate of drug-likeness (QED) is 0.101. The van der Waals surface area contributed by atoms with Crippen molar-refractivity contribution in [2.24, 2.45) is 11.8 Å². The summed E-state index contributed by atoms with van der Waals surface area (Å²) >= 11 is 0. The smallest absolute Gasteiger partial charge is 0.394 e. The van der Waals surface area contributed by atoms with Crippen LogP contribution in [0.1, 0.15) is 6.42 Å². The van der Waals surface area contributed by atoms with Crippen LogP contribution in [0, 0.1) is 11.8 Å². The fourth-order valence-electron chi connectivity index (χ4n) is 5.09. The third kappa shape index (κ3) is 6.52. The van der Waals surface area contributed by atoms with Gasteiger partial charge in [0.15, 0.2) is 6.29 Å². The van der Waals surface area contributed by atoms with Gasteiger partial charge in [-0.25, -0.2) is 18.5 Å². The third-order valence-corrected chi connectivity index (χ3v) is 11.3. The van der Waals surface area contributed by atoms with Crippen molar-refractivity contribution in [3.8, 4) is 0 Å². The van der Waals surface area contributed by atoms with E-state index in [2.05, 4.69) is 17.7 Å². The van der Waals surface area contributed by atoms with E-state index in [0.29, 0.717) is 0 Å². The molecule has 1 aromatic heterocycles. The largest absolute Gasteiger partial charge is 0.490 e. The average Bonchev–Trinajstić information content (AvgIpc) is 3.53. The number of aliphatic hydroxyl groups is 6. The predicted molar refractivity (Wildman–Crippen MR) is 125 cm³/mol. The van der Waals surface area contributed by atoms with Crippen LogP contribution in [-0.4, -0.2) is 111 Å². The van der Waals surface area contributed by atoms with Gasteiger partial charge in [-0.15, -0.1) is 0 Å². The van der Waals surface area contributed by atoms with Gasteiger partial charge in [0.25, 0.3) is 5.56 Å². The Morgan fingerprint density at radius 2 is 1.59 bits per heavy atom. The topological polar surface area (TPSA) is 334 Å². The van der Waals surface area contributed by atoms with E-state index in [-0.39, 0.29) is 6.42 Å². The molecule has 1 aromatic rings. The number of H-pyrrole nitrogens is 1. The Balaban J connectivity index is 1.37. The SMILES string of the molecule is O=c1ccn([C@]23C[C@H]2[C@H](COP(=O)(O)OP(=O)(O)OP(=O)(O)O[C@H]2O[C@H](CO)[C@@H](O)[C@H](O)[C@H]2O)[C@@H](O)[C@H]3O)c(=O)[nH]1. The van der Waals surface area contributed by atoms with E-state index in [4.69, 9.17) is 9.84 Å². The Kier molecular flexibility index (Phi) is 9.09. The van der Waals surface area contributed by atoms with Crippen molar-refractivity contribution in [2.75, 3.05) is 13.2 Å². The van der Waals surface area contributed by atoms with Crippen LogP contribution in [0.4, 0.5) is 0 Å². The molecular formula is C17H27N2O19P3. The number of phosphoric ester groups is 2. The first-order valence-electron chi connectivity index (χ1n) is 11.6. The molecule has 13 atom stereocenters. The second-order valence-electron chi connectivity index (χ2n) is 9.55. The Morgan fingerprint density at radius 3 is 2.20 bits per heavy atom. The monoisotopic (exact) mass is 656 g/mol. The number of ether oxygens (including phenoxy) is 1. The standard InChI is InChI=1S/C17H27N2O19P3/c20-4-8-11(23)12(24)13(25)15(35-8)36-40(30,31)38-41(32,33)37-39(28,29)34-5-6-7-3-17(7,14(26)10(6)22)19-2-1-9(21)18-16(19)27/h1-2,6-8,10-15,20,22-26H,3-5H2,(H,28,29)(H,30,31)(H,32,33)(H,18,21,27)/t6-,7-,8+,10+,11+,12-,13+,14+,15+,17+/m0/s1. The maximum Gasteiger partial charge on any atom is 0.490 e. The number of rotatable bonds is 11. The lowest BCUT2D eigenvalue weighted by atomic mass is 10.00. The highest BCUT2D eigenvalue weighted by molar-refractivity contribution is 7.66. The lowest BCUT2D eigenvalue weighted by Crippen LogP contribution is -2.58. The van der Waals surface area contributed by atoms with Crippen LogP contribution in [0.5, 0.6) is 0 Å². The number of nitrogens with zero attached hydrogens (tertiary/aromatic N) is 1. The minimum absolute atomic E-state index is 0.0758. The molecule has 234 valence electrons. The van der Waals surface area contributed by atoms with Gasteiger partial charge in [-0.3, -0.25) is 23.4 Å². The van der Waals surface area contributed by atoms with Crippen molar-refractivity contribution < 1.29 is 81.4 Å². The van der Waals surface area contributed by atoms with Crippen molar-refractivity contribution in [1.29, 1.82) is 0 Å². The molecule has 24 heteroatoms. The summed E-state index contributed by atoms with van der Waals surface area (Å²) < 4.78 is 59.3. The molecule has 21 nitrogen and oxygen atoms in total. The highest BCUT2D eigenvalue weighted by atomic mass is 31.3. The summed E-state index contributed by atoms with van der Waals surface area (Å²) in [6, 6.07) is 1.00. The van der Waals surface area contributed by atoms with Crippen LogP contribution in [0.3, 0.4) is 0 Å². The van der Waals surface area contributed by atoms with Crippen LogP contribution in [-0.2, 0) is 41.6 Å². The molecule has 3 fully saturated rings. The zero-order valence-electron chi connectivity index (χ0n) is 20.4. The maximum atomic E-state index is 12.3. The number of nitrogens with one attached hydrogen (secondary N) is 1. The molecule has 1 saturated heterocycles. The van der Waals surface area contributed by atoms with Gasteiger partial charge in [0.05, 0.1) is 24.9 Å². The van der Waals surface area contributed by atoms with Gasteiger partial charge in [0, 0.05) is 18.2 Å². The van der Waals surface area contributed by atoms with Crippen LogP contribution >= 0.6 is 23.5 Å². The highest BCUT2D eigenvalue weighted by Gasteiger charge is 2.72. The molecule has 2 heterocycles. The molecule has 41 heavy (non-hydrogen) atoms. The second kappa shape index (κ2) is 11.4. The van der Waals surface area contributed by atoms with Gasteiger partial charge in [-0.1, -0.05) is 0 Å². The second-order valence-corrected chi connectivity index (χ2v) is 14.1. The average molecular weight is 656 g/mol. The number of aromatic amines is 1. The summed E-state index contributed by atoms with van der Waals surface area (Å²) in [4.78, 5) is 55.0. The zero-order valence-corrected chi connectivity index (χ0v) is 23.1. The molecule has 4 rings (SSSR count). The number of aliphatic hydroxyl groups excluding tert-OH is 6. The van der Waals surface area contributed by atoms with Gasteiger partial charge < -0.3 is 50.1 Å². The van der Waals surface area contributed by atoms with Gasteiger partial charge in [-0.05, 0) is 12.3 Å². The maximum absolute atomic E-state index is 12.3. The van der Waals surface area contributed by atoms with E-state index < -0.39 is 108 Å². The van der Waals surface area contributed by atoms with Gasteiger partial charge in [-0.2, -0.15) is 8.62 Å². The molecule has 0 aromatic carbocycles. The lowest BCUT2D eigenvalue weighted by Gasteiger charge is -2.39. The fourth-order valence-corrected chi connectivity index (χ4v) is 8.70. The zero-order chi connectivity index (χ0) is 30.7. The van der Waals surface area contributed by atoms with Gasteiger partial charge in [0.2, 0.25) is 0 Å². The first-order chi connectivity index (χ1) is 18.8. The fraction of sp³-hybridized carbons (Fsp3) is 0.765. The van der Waals surface area contributed by atoms with E-state index >= 15 is 0 Å². The van der Waals surface area contributed by atoms with Crippen molar-refractivity contribution >= 4 is 23.5 Å². The van der Waals surface area contributed by atoms with Crippen LogP contribution in [0.2, 0.25) is 0 Å². The van der Waals surface area contributed by atoms with Gasteiger partial charge in [0.1, 0.15) is 30.5 Å². The first kappa shape index (κ1) is 32.7. The number of phosphoric acid groups is 3. The molecule has 3 aliphatic rings. The number of hydrogen-bond acceptors (Lipinski definition) is 16. The van der Waals surface area contributed by atoms with Crippen LogP contribution in [0.25, 0.3) is 0 Å². The molecule has 0 spiro atoms. The molecule has 0 radical (unpaired) electrons. The highest BCUT2D eigenvalue weighted by Crippen LogP contribution is 2.69. The van der Waals surface area contributed by atoms with E-state index in [1.165, 1.54) is 0 Å². The van der Waals surface area contributed by atoms with Crippen LogP contribution in [0.15, 0.2) is 21.9 Å². The van der Waals surface area contributed by atoms with E-state index in [1.807, 2.05) is 4.98 Å². The minimum atomic E-state index is -6.00. The predicted octanol–water partition coefficient (Wildman–Crippen LogP) is -4.23. The summed E-state index contributed by atoms with van der Waals surface area (Å²) in [5.74, 6) is -1.86. The lowest BCUT2D eigenvalue weighted by molar-refractivity contribution is -0.280. The summed E-state index contributed by atoms with van der Waals surface area (Å²) in [5, 5.41) is 59.4. The first-order valence-corrected chi connectivity index (χ1v) is 16.1. The molecule has 0 bridgehead atoms. The summed E-state index contributed by atoms with van der Waals surface area (Å²) in [6.07, 6.45) is -12.1. The number of hydrogen-bond donors (Lipinski definition) is 10. The number of aromatic nitrogens is 2. The molecule has 0 amide bonds. The van der Waals surface area contributed by atoms with E-state index in [0.717, 1.165) is 16.8 Å². The summed E-state index contributed by atoms with van der Waals surface area (Å²) in [6.45, 7) is -1.85. The molecule has 2 aliphatic carbocycles. The normalized spacial score (nSPS) is 41.1. The Hall–Kier alpha value is -1.19. The van der Waals surface area contributed by atoms with Crippen LogP contribution < -0.4 is 11.2 Å². The molecule has 1 aliphatic heterocycles.